The molecular formula is C21H34O2. The van der Waals surface area contributed by atoms with Gasteiger partial charge in [-0.05, 0) is 66.8 Å². The van der Waals surface area contributed by atoms with Crippen LogP contribution >= 0.6 is 0 Å². The van der Waals surface area contributed by atoms with E-state index in [1.165, 1.54) is 43.3 Å². The van der Waals surface area contributed by atoms with Crippen molar-refractivity contribution in [3.05, 3.63) is 23.8 Å². The molecule has 0 N–H and O–H groups in total. The average Bonchev–Trinajstić information content (AvgIpc) is 2.93. The lowest BCUT2D eigenvalue weighted by atomic mass is 9.47. The van der Waals surface area contributed by atoms with E-state index in [-0.39, 0.29) is 6.29 Å². The fourth-order valence-corrected chi connectivity index (χ4v) is 5.91. The number of methoxy groups -OCH3 is 1. The van der Waals surface area contributed by atoms with Gasteiger partial charge in [0.25, 0.3) is 0 Å². The second-order valence-corrected chi connectivity index (χ2v) is 8.85. The van der Waals surface area contributed by atoms with Gasteiger partial charge in [-0.3, -0.25) is 0 Å². The molecule has 2 saturated carbocycles. The van der Waals surface area contributed by atoms with Gasteiger partial charge in [0.1, 0.15) is 0 Å². The molecule has 4 atom stereocenters. The number of allylic oxidation sites excluding steroid dienone is 2. The Labute approximate surface area is 142 Å². The molecule has 0 bridgehead atoms. The third-order valence-electron chi connectivity index (χ3n) is 7.11. The molecule has 2 aliphatic carbocycles. The van der Waals surface area contributed by atoms with Gasteiger partial charge >= 0.3 is 0 Å². The summed E-state index contributed by atoms with van der Waals surface area (Å²) in [6.07, 6.45) is 11.1. The minimum Gasteiger partial charge on any atom is -0.352 e. The summed E-state index contributed by atoms with van der Waals surface area (Å²) in [7, 11) is 1.74. The summed E-state index contributed by atoms with van der Waals surface area (Å²) in [5.74, 6) is 1.45. The molecule has 130 valence electrons. The molecule has 0 aromatic heterocycles. The Bertz CT molecular complexity index is 490. The van der Waals surface area contributed by atoms with E-state index in [2.05, 4.69) is 33.4 Å². The fourth-order valence-electron chi connectivity index (χ4n) is 5.91. The molecule has 0 radical (unpaired) electrons. The van der Waals surface area contributed by atoms with Gasteiger partial charge in [-0.2, -0.15) is 0 Å². The second kappa shape index (κ2) is 6.37. The van der Waals surface area contributed by atoms with E-state index < -0.39 is 0 Å². The molecule has 0 spiro atoms. The standard InChI is InChI=1S/C21H34O2/c1-15-7-10-18-20(2,3)12-6-13-21(18,4)17(15)9-8-16-11-14-23-19(16)22-5/h8,17-19H,1,6-7,9-14H2,2-5H3/b16-8+/t17-,18-,19-,21+/m1/s1. The van der Waals surface area contributed by atoms with Gasteiger partial charge in [0.05, 0.1) is 6.61 Å². The van der Waals surface area contributed by atoms with Gasteiger partial charge in [-0.1, -0.05) is 45.4 Å². The highest BCUT2D eigenvalue weighted by atomic mass is 16.7. The van der Waals surface area contributed by atoms with Crippen LogP contribution in [0.5, 0.6) is 0 Å². The number of ether oxygens (including phenoxy) is 2. The maximum Gasteiger partial charge on any atom is 0.179 e. The summed E-state index contributed by atoms with van der Waals surface area (Å²) in [6, 6.07) is 0. The Kier molecular flexibility index (Phi) is 4.77. The zero-order chi connectivity index (χ0) is 16.7. The fraction of sp³-hybridized carbons (Fsp3) is 0.810. The van der Waals surface area contributed by atoms with Gasteiger partial charge in [-0.25, -0.2) is 0 Å². The summed E-state index contributed by atoms with van der Waals surface area (Å²) >= 11 is 0. The van der Waals surface area contributed by atoms with E-state index in [1.807, 2.05) is 0 Å². The molecule has 1 heterocycles. The van der Waals surface area contributed by atoms with Crippen LogP contribution in [0.15, 0.2) is 23.8 Å². The predicted octanol–water partition coefficient (Wildman–Crippen LogP) is 5.49. The zero-order valence-electron chi connectivity index (χ0n) is 15.5. The van der Waals surface area contributed by atoms with Crippen molar-refractivity contribution in [3.8, 4) is 0 Å². The summed E-state index contributed by atoms with van der Waals surface area (Å²) in [6.45, 7) is 12.8. The first kappa shape index (κ1) is 17.2. The third-order valence-corrected chi connectivity index (χ3v) is 7.11. The van der Waals surface area contributed by atoms with Crippen LogP contribution in [0.2, 0.25) is 0 Å². The number of hydrogen-bond acceptors (Lipinski definition) is 2. The lowest BCUT2D eigenvalue weighted by Crippen LogP contribution is -2.49. The Balaban J connectivity index is 1.82. The molecule has 0 unspecified atom stereocenters. The monoisotopic (exact) mass is 318 g/mol. The summed E-state index contributed by atoms with van der Waals surface area (Å²) in [4.78, 5) is 0. The highest BCUT2D eigenvalue weighted by molar-refractivity contribution is 5.19. The van der Waals surface area contributed by atoms with E-state index in [4.69, 9.17) is 9.47 Å². The predicted molar refractivity (Wildman–Crippen MR) is 95.2 cm³/mol. The van der Waals surface area contributed by atoms with Gasteiger partial charge in [0.2, 0.25) is 0 Å². The van der Waals surface area contributed by atoms with Crippen LogP contribution in [-0.4, -0.2) is 20.0 Å². The molecule has 0 aromatic carbocycles. The van der Waals surface area contributed by atoms with E-state index in [9.17, 15) is 0 Å². The third kappa shape index (κ3) is 3.05. The number of rotatable bonds is 3. The minimum atomic E-state index is -0.113. The van der Waals surface area contributed by atoms with E-state index in [0.717, 1.165) is 25.4 Å². The van der Waals surface area contributed by atoms with Crippen LogP contribution in [-0.2, 0) is 9.47 Å². The van der Waals surface area contributed by atoms with Crippen LogP contribution < -0.4 is 0 Å². The Morgan fingerprint density at radius 2 is 2.04 bits per heavy atom. The quantitative estimate of drug-likeness (QED) is 0.640. The Hall–Kier alpha value is -0.600. The summed E-state index contributed by atoms with van der Waals surface area (Å²) < 4.78 is 11.1. The van der Waals surface area contributed by atoms with Crippen molar-refractivity contribution in [2.24, 2.45) is 22.7 Å². The van der Waals surface area contributed by atoms with Crippen molar-refractivity contribution in [1.29, 1.82) is 0 Å². The average molecular weight is 319 g/mol. The van der Waals surface area contributed by atoms with Crippen LogP contribution in [0.1, 0.15) is 65.7 Å². The molecule has 2 nitrogen and oxygen atoms in total. The number of hydrogen-bond donors (Lipinski definition) is 0. The second-order valence-electron chi connectivity index (χ2n) is 8.85. The SMILES string of the molecule is C=C1CC[C@@H]2C(C)(C)CCC[C@@]2(C)[C@@H]1C/C=C1\CCO[C@H]1OC. The largest absolute Gasteiger partial charge is 0.352 e. The van der Waals surface area contributed by atoms with Gasteiger partial charge in [0.15, 0.2) is 6.29 Å². The number of fused-ring (bicyclic) bond motifs is 1. The molecule has 0 aromatic rings. The van der Waals surface area contributed by atoms with Gasteiger partial charge < -0.3 is 9.47 Å². The van der Waals surface area contributed by atoms with E-state index in [0.29, 0.717) is 16.7 Å². The molecule has 3 fully saturated rings. The maximum absolute atomic E-state index is 5.63. The van der Waals surface area contributed by atoms with Crippen LogP contribution in [0.25, 0.3) is 0 Å². The molecule has 3 aliphatic rings. The van der Waals surface area contributed by atoms with Crippen LogP contribution in [0, 0.1) is 22.7 Å². The Morgan fingerprint density at radius 1 is 1.26 bits per heavy atom. The molecule has 0 amide bonds. The van der Waals surface area contributed by atoms with Crippen molar-refractivity contribution < 1.29 is 9.47 Å². The highest BCUT2D eigenvalue weighted by Crippen LogP contribution is 2.61. The van der Waals surface area contributed by atoms with Crippen molar-refractivity contribution in [3.63, 3.8) is 0 Å². The highest BCUT2D eigenvalue weighted by Gasteiger charge is 2.52. The molecular weight excluding hydrogens is 284 g/mol. The molecule has 3 rings (SSSR count). The van der Waals surface area contributed by atoms with Crippen molar-refractivity contribution in [2.75, 3.05) is 13.7 Å². The lowest BCUT2D eigenvalue weighted by molar-refractivity contribution is -0.0700. The minimum absolute atomic E-state index is 0.113. The van der Waals surface area contributed by atoms with Crippen molar-refractivity contribution >= 4 is 0 Å². The smallest absolute Gasteiger partial charge is 0.179 e. The van der Waals surface area contributed by atoms with Crippen molar-refractivity contribution in [1.82, 2.24) is 0 Å². The van der Waals surface area contributed by atoms with E-state index >= 15 is 0 Å². The van der Waals surface area contributed by atoms with Gasteiger partial charge in [0, 0.05) is 7.11 Å². The van der Waals surface area contributed by atoms with Crippen LogP contribution in [0.4, 0.5) is 0 Å². The molecule has 23 heavy (non-hydrogen) atoms. The van der Waals surface area contributed by atoms with Gasteiger partial charge in [-0.15, -0.1) is 0 Å². The first-order valence-corrected chi connectivity index (χ1v) is 9.39. The van der Waals surface area contributed by atoms with Crippen molar-refractivity contribution in [2.45, 2.75) is 72.0 Å². The summed E-state index contributed by atoms with van der Waals surface area (Å²) in [5.41, 5.74) is 3.70. The summed E-state index contributed by atoms with van der Waals surface area (Å²) in [5, 5.41) is 0. The topological polar surface area (TPSA) is 18.5 Å². The Morgan fingerprint density at radius 3 is 2.78 bits per heavy atom. The van der Waals surface area contributed by atoms with E-state index in [1.54, 1.807) is 7.11 Å². The molecule has 1 aliphatic heterocycles. The van der Waals surface area contributed by atoms with Crippen LogP contribution in [0.3, 0.4) is 0 Å². The molecule has 1 saturated heterocycles. The normalized spacial score (nSPS) is 42.0. The molecule has 2 heteroatoms. The first-order chi connectivity index (χ1) is 10.9. The zero-order valence-corrected chi connectivity index (χ0v) is 15.5. The lowest BCUT2D eigenvalue weighted by Gasteiger charge is -2.58. The maximum atomic E-state index is 5.63. The first-order valence-electron chi connectivity index (χ1n) is 9.39.